The van der Waals surface area contributed by atoms with Crippen molar-refractivity contribution in [2.24, 2.45) is 5.41 Å². The molecule has 0 aromatic heterocycles. The minimum atomic E-state index is 0.146. The van der Waals surface area contributed by atoms with Crippen molar-refractivity contribution >= 4 is 5.91 Å². The molecule has 2 aliphatic heterocycles. The summed E-state index contributed by atoms with van der Waals surface area (Å²) in [7, 11) is 0. The Morgan fingerprint density at radius 2 is 2.27 bits per heavy atom. The molecule has 0 aliphatic carbocycles. The molecule has 1 N–H and O–H groups in total. The molecule has 0 atom stereocenters. The van der Waals surface area contributed by atoms with E-state index in [0.29, 0.717) is 0 Å². The first-order valence-corrected chi connectivity index (χ1v) is 5.67. The first-order chi connectivity index (χ1) is 7.07. The molecule has 0 bridgehead atoms. The quantitative estimate of drug-likeness (QED) is 0.728. The highest BCUT2D eigenvalue weighted by atomic mass is 16.5. The van der Waals surface area contributed by atoms with Gasteiger partial charge < -0.3 is 15.0 Å². The second-order valence-electron chi connectivity index (χ2n) is 5.32. The maximum absolute atomic E-state index is 11.8. The van der Waals surface area contributed by atoms with Crippen LogP contribution >= 0.6 is 0 Å². The summed E-state index contributed by atoms with van der Waals surface area (Å²) in [4.78, 5) is 13.7. The van der Waals surface area contributed by atoms with E-state index in [1.807, 2.05) is 4.90 Å². The Balaban J connectivity index is 1.71. The van der Waals surface area contributed by atoms with Gasteiger partial charge in [0.1, 0.15) is 6.61 Å². The Bertz CT molecular complexity index is 249. The van der Waals surface area contributed by atoms with Gasteiger partial charge in [0.05, 0.1) is 6.10 Å². The first kappa shape index (κ1) is 10.9. The molecule has 0 aromatic carbocycles. The lowest BCUT2D eigenvalue weighted by molar-refractivity contribution is -0.138. The van der Waals surface area contributed by atoms with Crippen LogP contribution in [-0.2, 0) is 9.53 Å². The second kappa shape index (κ2) is 4.10. The standard InChI is InChI=1S/C11H20N2O2/c1-11(2)3-4-13(8-11)10(14)7-15-9-5-12-6-9/h9,12H,3-8H2,1-2H3. The molecule has 2 aliphatic rings. The molecule has 0 spiro atoms. The molecule has 86 valence electrons. The van der Waals surface area contributed by atoms with Crippen molar-refractivity contribution in [3.8, 4) is 0 Å². The third-order valence-corrected chi connectivity index (χ3v) is 3.22. The monoisotopic (exact) mass is 212 g/mol. The molecule has 0 unspecified atom stereocenters. The molecule has 0 aromatic rings. The predicted molar refractivity (Wildman–Crippen MR) is 57.6 cm³/mol. The zero-order valence-electron chi connectivity index (χ0n) is 9.58. The Kier molecular flexibility index (Phi) is 2.98. The average Bonchev–Trinajstić information content (AvgIpc) is 2.43. The molecule has 4 nitrogen and oxygen atoms in total. The summed E-state index contributed by atoms with van der Waals surface area (Å²) < 4.78 is 5.47. The molecular formula is C11H20N2O2. The van der Waals surface area contributed by atoms with Gasteiger partial charge in [-0.2, -0.15) is 0 Å². The number of ether oxygens (including phenoxy) is 1. The lowest BCUT2D eigenvalue weighted by Crippen LogP contribution is -2.49. The third kappa shape index (κ3) is 2.69. The number of carbonyl (C=O) groups is 1. The number of nitrogens with one attached hydrogen (secondary N) is 1. The molecule has 1 amide bonds. The van der Waals surface area contributed by atoms with Gasteiger partial charge in [-0.3, -0.25) is 4.79 Å². The van der Waals surface area contributed by atoms with Crippen LogP contribution in [0.4, 0.5) is 0 Å². The Morgan fingerprint density at radius 1 is 1.53 bits per heavy atom. The minimum absolute atomic E-state index is 0.146. The highest BCUT2D eigenvalue weighted by Gasteiger charge is 2.32. The predicted octanol–water partition coefficient (Wildman–Crippen LogP) is 0.233. The number of rotatable bonds is 3. The zero-order valence-corrected chi connectivity index (χ0v) is 9.58. The van der Waals surface area contributed by atoms with Gasteiger partial charge in [0.2, 0.25) is 5.91 Å². The van der Waals surface area contributed by atoms with Crippen molar-refractivity contribution in [3.05, 3.63) is 0 Å². The van der Waals surface area contributed by atoms with E-state index in [1.54, 1.807) is 0 Å². The van der Waals surface area contributed by atoms with Crippen molar-refractivity contribution in [1.29, 1.82) is 0 Å². The van der Waals surface area contributed by atoms with Gasteiger partial charge in [-0.25, -0.2) is 0 Å². The van der Waals surface area contributed by atoms with Gasteiger partial charge in [0.15, 0.2) is 0 Å². The molecule has 2 saturated heterocycles. The van der Waals surface area contributed by atoms with Crippen LogP contribution < -0.4 is 5.32 Å². The van der Waals surface area contributed by atoms with E-state index < -0.39 is 0 Å². The Hall–Kier alpha value is -0.610. The highest BCUT2D eigenvalue weighted by Crippen LogP contribution is 2.28. The molecule has 2 rings (SSSR count). The van der Waals surface area contributed by atoms with Crippen molar-refractivity contribution in [1.82, 2.24) is 10.2 Å². The first-order valence-electron chi connectivity index (χ1n) is 5.67. The van der Waals surface area contributed by atoms with Crippen LogP contribution in [0.1, 0.15) is 20.3 Å². The number of hydrogen-bond acceptors (Lipinski definition) is 3. The molecule has 4 heteroatoms. The van der Waals surface area contributed by atoms with Crippen molar-refractivity contribution < 1.29 is 9.53 Å². The molecular weight excluding hydrogens is 192 g/mol. The van der Waals surface area contributed by atoms with Gasteiger partial charge in [-0.15, -0.1) is 0 Å². The fraction of sp³-hybridized carbons (Fsp3) is 0.909. The Labute approximate surface area is 91.0 Å². The lowest BCUT2D eigenvalue weighted by atomic mass is 9.93. The van der Waals surface area contributed by atoms with Gasteiger partial charge in [-0.1, -0.05) is 13.8 Å². The second-order valence-corrected chi connectivity index (χ2v) is 5.32. The number of carbonyl (C=O) groups excluding carboxylic acids is 1. The van der Waals surface area contributed by atoms with Crippen LogP contribution in [0.5, 0.6) is 0 Å². The minimum Gasteiger partial charge on any atom is -0.366 e. The average molecular weight is 212 g/mol. The Morgan fingerprint density at radius 3 is 2.73 bits per heavy atom. The van der Waals surface area contributed by atoms with Gasteiger partial charge in [-0.05, 0) is 11.8 Å². The molecule has 2 heterocycles. The summed E-state index contributed by atoms with van der Waals surface area (Å²) in [6, 6.07) is 0. The summed E-state index contributed by atoms with van der Waals surface area (Å²) in [5, 5.41) is 3.12. The van der Waals surface area contributed by atoms with Crippen LogP contribution in [-0.4, -0.2) is 49.7 Å². The van der Waals surface area contributed by atoms with Crippen LogP contribution in [0.2, 0.25) is 0 Å². The van der Waals surface area contributed by atoms with Gasteiger partial charge in [0.25, 0.3) is 0 Å². The normalized spacial score (nSPS) is 25.3. The maximum atomic E-state index is 11.8. The fourth-order valence-corrected chi connectivity index (χ4v) is 1.99. The van der Waals surface area contributed by atoms with Crippen LogP contribution in [0.15, 0.2) is 0 Å². The molecule has 2 fully saturated rings. The van der Waals surface area contributed by atoms with Gasteiger partial charge in [0, 0.05) is 26.2 Å². The number of amides is 1. The van der Waals surface area contributed by atoms with E-state index in [0.717, 1.165) is 32.6 Å². The van der Waals surface area contributed by atoms with Crippen molar-refractivity contribution in [2.45, 2.75) is 26.4 Å². The number of nitrogens with zero attached hydrogens (tertiary/aromatic N) is 1. The van der Waals surface area contributed by atoms with Crippen LogP contribution in [0.3, 0.4) is 0 Å². The van der Waals surface area contributed by atoms with Crippen molar-refractivity contribution in [2.75, 3.05) is 32.8 Å². The largest absolute Gasteiger partial charge is 0.366 e. The van der Waals surface area contributed by atoms with E-state index in [4.69, 9.17) is 4.74 Å². The van der Waals surface area contributed by atoms with Crippen LogP contribution in [0, 0.1) is 5.41 Å². The van der Waals surface area contributed by atoms with E-state index >= 15 is 0 Å². The van der Waals surface area contributed by atoms with E-state index in [2.05, 4.69) is 19.2 Å². The zero-order chi connectivity index (χ0) is 10.9. The molecule has 15 heavy (non-hydrogen) atoms. The smallest absolute Gasteiger partial charge is 0.248 e. The highest BCUT2D eigenvalue weighted by molar-refractivity contribution is 5.77. The number of likely N-dealkylation sites (tertiary alicyclic amines) is 1. The maximum Gasteiger partial charge on any atom is 0.248 e. The topological polar surface area (TPSA) is 41.6 Å². The van der Waals surface area contributed by atoms with E-state index in [9.17, 15) is 4.79 Å². The third-order valence-electron chi connectivity index (χ3n) is 3.22. The number of hydrogen-bond donors (Lipinski definition) is 1. The summed E-state index contributed by atoms with van der Waals surface area (Å²) in [5.41, 5.74) is 0.285. The summed E-state index contributed by atoms with van der Waals surface area (Å²) >= 11 is 0. The molecule has 0 saturated carbocycles. The van der Waals surface area contributed by atoms with E-state index in [-0.39, 0.29) is 24.0 Å². The lowest BCUT2D eigenvalue weighted by Gasteiger charge is -2.28. The SMILES string of the molecule is CC1(C)CCN(C(=O)COC2CNC2)C1. The van der Waals surface area contributed by atoms with E-state index in [1.165, 1.54) is 0 Å². The summed E-state index contributed by atoms with van der Waals surface area (Å²) in [6.07, 6.45) is 1.36. The summed E-state index contributed by atoms with van der Waals surface area (Å²) in [5.74, 6) is 0.146. The van der Waals surface area contributed by atoms with Crippen LogP contribution in [0.25, 0.3) is 0 Å². The summed E-state index contributed by atoms with van der Waals surface area (Å²) in [6.45, 7) is 8.20. The van der Waals surface area contributed by atoms with Crippen molar-refractivity contribution in [3.63, 3.8) is 0 Å². The molecule has 0 radical (unpaired) electrons. The fourth-order valence-electron chi connectivity index (χ4n) is 1.99. The van der Waals surface area contributed by atoms with Gasteiger partial charge >= 0.3 is 0 Å².